The van der Waals surface area contributed by atoms with Crippen molar-refractivity contribution in [2.24, 2.45) is 0 Å². The van der Waals surface area contributed by atoms with Crippen LogP contribution in [0, 0.1) is 5.82 Å². The van der Waals surface area contributed by atoms with Gasteiger partial charge in [-0.15, -0.1) is 0 Å². The summed E-state index contributed by atoms with van der Waals surface area (Å²) in [6.45, 7) is 0. The highest BCUT2D eigenvalue weighted by Crippen LogP contribution is 2.22. The molecular formula is C9H7FN2O. The van der Waals surface area contributed by atoms with Gasteiger partial charge in [0.05, 0.1) is 18.8 Å². The van der Waals surface area contributed by atoms with Crippen LogP contribution in [0.3, 0.4) is 0 Å². The topological polar surface area (TPSA) is 35.0 Å². The van der Waals surface area contributed by atoms with Gasteiger partial charge in [0.25, 0.3) is 0 Å². The van der Waals surface area contributed by atoms with Crippen molar-refractivity contribution in [1.82, 2.24) is 10.2 Å². The van der Waals surface area contributed by atoms with Crippen LogP contribution in [-0.4, -0.2) is 17.3 Å². The molecular weight excluding hydrogens is 171 g/mol. The lowest BCUT2D eigenvalue weighted by Gasteiger charge is -2.02. The van der Waals surface area contributed by atoms with Gasteiger partial charge in [-0.05, 0) is 18.2 Å². The summed E-state index contributed by atoms with van der Waals surface area (Å²) < 4.78 is 17.9. The first-order chi connectivity index (χ1) is 6.31. The number of fused-ring (bicyclic) bond motifs is 1. The van der Waals surface area contributed by atoms with Gasteiger partial charge in [-0.25, -0.2) is 4.39 Å². The zero-order chi connectivity index (χ0) is 9.26. The molecule has 2 aromatic rings. The number of hydrogen-bond acceptors (Lipinski definition) is 3. The normalized spacial score (nSPS) is 10.3. The fourth-order valence-electron chi connectivity index (χ4n) is 1.17. The van der Waals surface area contributed by atoms with Gasteiger partial charge in [0.15, 0.2) is 0 Å². The molecule has 1 heterocycles. The van der Waals surface area contributed by atoms with Crippen LogP contribution in [-0.2, 0) is 0 Å². The molecule has 4 heteroatoms. The Morgan fingerprint density at radius 2 is 2.23 bits per heavy atom. The quantitative estimate of drug-likeness (QED) is 0.667. The van der Waals surface area contributed by atoms with Gasteiger partial charge in [0.1, 0.15) is 11.6 Å². The summed E-state index contributed by atoms with van der Waals surface area (Å²) in [5.41, 5.74) is 0.626. The van der Waals surface area contributed by atoms with Gasteiger partial charge in [0, 0.05) is 5.39 Å². The summed E-state index contributed by atoms with van der Waals surface area (Å²) in [5, 5.41) is 8.19. The number of nitrogens with zero attached hydrogens (tertiary/aromatic N) is 2. The number of aromatic nitrogens is 2. The maximum Gasteiger partial charge on any atom is 0.148 e. The van der Waals surface area contributed by atoms with E-state index in [4.69, 9.17) is 4.74 Å². The molecule has 0 aliphatic heterocycles. The van der Waals surface area contributed by atoms with E-state index in [1.165, 1.54) is 25.4 Å². The van der Waals surface area contributed by atoms with E-state index >= 15 is 0 Å². The number of methoxy groups -OCH3 is 1. The van der Waals surface area contributed by atoms with E-state index in [0.29, 0.717) is 16.7 Å². The van der Waals surface area contributed by atoms with E-state index < -0.39 is 0 Å². The van der Waals surface area contributed by atoms with Gasteiger partial charge in [-0.2, -0.15) is 10.2 Å². The molecule has 0 N–H and O–H groups in total. The Kier molecular flexibility index (Phi) is 1.81. The third-order valence-corrected chi connectivity index (χ3v) is 1.78. The van der Waals surface area contributed by atoms with Crippen molar-refractivity contribution in [2.45, 2.75) is 0 Å². The highest BCUT2D eigenvalue weighted by molar-refractivity contribution is 5.83. The Morgan fingerprint density at radius 1 is 1.38 bits per heavy atom. The third kappa shape index (κ3) is 1.30. The fraction of sp³-hybridized carbons (Fsp3) is 0.111. The SMILES string of the molecule is COc1cnnc2ccc(F)cc12. The van der Waals surface area contributed by atoms with E-state index in [1.807, 2.05) is 0 Å². The van der Waals surface area contributed by atoms with Crippen LogP contribution in [0.2, 0.25) is 0 Å². The van der Waals surface area contributed by atoms with E-state index in [-0.39, 0.29) is 5.82 Å². The Morgan fingerprint density at radius 3 is 3.00 bits per heavy atom. The van der Waals surface area contributed by atoms with Crippen molar-refractivity contribution in [2.75, 3.05) is 7.11 Å². The highest BCUT2D eigenvalue weighted by Gasteiger charge is 2.03. The lowest BCUT2D eigenvalue weighted by atomic mass is 10.2. The minimum Gasteiger partial charge on any atom is -0.494 e. The van der Waals surface area contributed by atoms with Crippen molar-refractivity contribution in [1.29, 1.82) is 0 Å². The predicted molar refractivity (Wildman–Crippen MR) is 46.0 cm³/mol. The third-order valence-electron chi connectivity index (χ3n) is 1.78. The summed E-state index contributed by atoms with van der Waals surface area (Å²) in [4.78, 5) is 0. The second-order valence-corrected chi connectivity index (χ2v) is 2.57. The van der Waals surface area contributed by atoms with E-state index in [9.17, 15) is 4.39 Å². The first-order valence-electron chi connectivity index (χ1n) is 3.76. The van der Waals surface area contributed by atoms with Crippen molar-refractivity contribution < 1.29 is 9.13 Å². The van der Waals surface area contributed by atoms with Crippen LogP contribution < -0.4 is 4.74 Å². The monoisotopic (exact) mass is 178 g/mol. The summed E-state index contributed by atoms with van der Waals surface area (Å²) in [7, 11) is 1.52. The van der Waals surface area contributed by atoms with Gasteiger partial charge in [0.2, 0.25) is 0 Å². The minimum absolute atomic E-state index is 0.307. The Hall–Kier alpha value is -1.71. The largest absolute Gasteiger partial charge is 0.494 e. The zero-order valence-electron chi connectivity index (χ0n) is 6.99. The molecule has 0 radical (unpaired) electrons. The standard InChI is InChI=1S/C9H7FN2O/c1-13-9-5-11-12-8-3-2-6(10)4-7(8)9/h2-5H,1H3. The van der Waals surface area contributed by atoms with E-state index in [1.54, 1.807) is 6.07 Å². The summed E-state index contributed by atoms with van der Waals surface area (Å²) in [6, 6.07) is 4.29. The molecule has 0 amide bonds. The van der Waals surface area contributed by atoms with Crippen molar-refractivity contribution in [3.63, 3.8) is 0 Å². The zero-order valence-corrected chi connectivity index (χ0v) is 6.99. The van der Waals surface area contributed by atoms with Crippen LogP contribution in [0.25, 0.3) is 10.9 Å². The molecule has 1 aromatic carbocycles. The Balaban J connectivity index is 2.79. The molecule has 0 spiro atoms. The maximum atomic E-state index is 12.8. The molecule has 0 saturated carbocycles. The molecule has 66 valence electrons. The van der Waals surface area contributed by atoms with Crippen LogP contribution in [0.4, 0.5) is 4.39 Å². The molecule has 0 aliphatic carbocycles. The molecule has 2 rings (SSSR count). The summed E-state index contributed by atoms with van der Waals surface area (Å²) in [6.07, 6.45) is 1.46. The summed E-state index contributed by atoms with van der Waals surface area (Å²) in [5.74, 6) is 0.225. The number of benzene rings is 1. The van der Waals surface area contributed by atoms with Crippen LogP contribution >= 0.6 is 0 Å². The second kappa shape index (κ2) is 2.97. The number of halogens is 1. The van der Waals surface area contributed by atoms with E-state index in [0.717, 1.165) is 0 Å². The first-order valence-corrected chi connectivity index (χ1v) is 3.76. The lowest BCUT2D eigenvalue weighted by Crippen LogP contribution is -1.90. The number of rotatable bonds is 1. The molecule has 0 fully saturated rings. The van der Waals surface area contributed by atoms with Crippen LogP contribution in [0.1, 0.15) is 0 Å². The van der Waals surface area contributed by atoms with Gasteiger partial charge >= 0.3 is 0 Å². The molecule has 0 unspecified atom stereocenters. The average molecular weight is 178 g/mol. The van der Waals surface area contributed by atoms with Gasteiger partial charge in [-0.1, -0.05) is 0 Å². The van der Waals surface area contributed by atoms with Crippen LogP contribution in [0.15, 0.2) is 24.4 Å². The molecule has 0 atom stereocenters. The predicted octanol–water partition coefficient (Wildman–Crippen LogP) is 1.78. The minimum atomic E-state index is -0.307. The molecule has 0 saturated heterocycles. The molecule has 3 nitrogen and oxygen atoms in total. The molecule has 1 aromatic heterocycles. The molecule has 0 bridgehead atoms. The van der Waals surface area contributed by atoms with Crippen molar-refractivity contribution >= 4 is 10.9 Å². The maximum absolute atomic E-state index is 12.8. The second-order valence-electron chi connectivity index (χ2n) is 2.57. The summed E-state index contributed by atoms with van der Waals surface area (Å²) >= 11 is 0. The Bertz CT molecular complexity index is 445. The highest BCUT2D eigenvalue weighted by atomic mass is 19.1. The van der Waals surface area contributed by atoms with Crippen molar-refractivity contribution in [3.05, 3.63) is 30.2 Å². The smallest absolute Gasteiger partial charge is 0.148 e. The molecule has 0 aliphatic rings. The molecule has 13 heavy (non-hydrogen) atoms. The lowest BCUT2D eigenvalue weighted by molar-refractivity contribution is 0.417. The van der Waals surface area contributed by atoms with Gasteiger partial charge in [-0.3, -0.25) is 0 Å². The first kappa shape index (κ1) is 7.91. The van der Waals surface area contributed by atoms with Crippen LogP contribution in [0.5, 0.6) is 5.75 Å². The van der Waals surface area contributed by atoms with E-state index in [2.05, 4.69) is 10.2 Å². The number of hydrogen-bond donors (Lipinski definition) is 0. The number of ether oxygens (including phenoxy) is 1. The average Bonchev–Trinajstić information content (AvgIpc) is 2.17. The fourth-order valence-corrected chi connectivity index (χ4v) is 1.17. The Labute approximate surface area is 74.2 Å². The van der Waals surface area contributed by atoms with Crippen molar-refractivity contribution in [3.8, 4) is 5.75 Å². The van der Waals surface area contributed by atoms with Gasteiger partial charge < -0.3 is 4.74 Å².